The van der Waals surface area contributed by atoms with Crippen LogP contribution in [-0.2, 0) is 10.8 Å². The minimum Gasteiger partial charge on any atom is -0.456 e. The zero-order chi connectivity index (χ0) is 29.9. The van der Waals surface area contributed by atoms with E-state index in [1.165, 1.54) is 72.1 Å². The second kappa shape index (κ2) is 8.61. The minimum atomic E-state index is -0.498. The largest absolute Gasteiger partial charge is 0.456 e. The van der Waals surface area contributed by atoms with Crippen LogP contribution in [0.15, 0.2) is 146 Å². The molecule has 7 aromatic carbocycles. The molecule has 0 saturated heterocycles. The number of hydrogen-bond donors (Lipinski definition) is 0. The molecule has 0 amide bonds. The van der Waals surface area contributed by atoms with Gasteiger partial charge in [0.2, 0.25) is 0 Å². The molecule has 1 heterocycles. The lowest BCUT2D eigenvalue weighted by Crippen LogP contribution is -2.32. The standard InChI is InChI=1S/C44H30O/c1-43(2)35-18-8-5-14-29(35)32-24-23-27(25-39(32)43)34-26-40-42(33-17-4-3-13-28(33)34)45-41-22-12-11-21-38(41)44(40)36-19-9-6-15-30(36)31-16-7-10-20-37(31)44/h3-26H,1-2H3. The van der Waals surface area contributed by atoms with E-state index in [4.69, 9.17) is 4.74 Å². The first-order valence-corrected chi connectivity index (χ1v) is 15.9. The fourth-order valence-corrected chi connectivity index (χ4v) is 8.78. The van der Waals surface area contributed by atoms with Crippen molar-refractivity contribution in [2.45, 2.75) is 24.7 Å². The molecule has 1 spiro atoms. The van der Waals surface area contributed by atoms with Crippen molar-refractivity contribution in [3.63, 3.8) is 0 Å². The molecule has 0 aromatic heterocycles. The Morgan fingerprint density at radius 1 is 0.400 bits per heavy atom. The fraction of sp³-hybridized carbons (Fsp3) is 0.0909. The predicted molar refractivity (Wildman–Crippen MR) is 184 cm³/mol. The van der Waals surface area contributed by atoms with Gasteiger partial charge in [0.05, 0.1) is 5.41 Å². The number of fused-ring (bicyclic) bond motifs is 14. The summed E-state index contributed by atoms with van der Waals surface area (Å²) in [7, 11) is 0. The van der Waals surface area contributed by atoms with Gasteiger partial charge < -0.3 is 4.74 Å². The van der Waals surface area contributed by atoms with Gasteiger partial charge in [-0.2, -0.15) is 0 Å². The first-order valence-electron chi connectivity index (χ1n) is 15.9. The highest BCUT2D eigenvalue weighted by molar-refractivity contribution is 6.04. The van der Waals surface area contributed by atoms with Crippen molar-refractivity contribution in [3.05, 3.63) is 179 Å². The van der Waals surface area contributed by atoms with E-state index in [0.717, 1.165) is 16.9 Å². The van der Waals surface area contributed by atoms with Crippen molar-refractivity contribution in [1.29, 1.82) is 0 Å². The van der Waals surface area contributed by atoms with Gasteiger partial charge in [-0.15, -0.1) is 0 Å². The zero-order valence-corrected chi connectivity index (χ0v) is 25.3. The average Bonchev–Trinajstić information content (AvgIpc) is 3.51. The molecule has 0 unspecified atom stereocenters. The van der Waals surface area contributed by atoms with Crippen molar-refractivity contribution in [2.24, 2.45) is 0 Å². The minimum absolute atomic E-state index is 0.0709. The first kappa shape index (κ1) is 25.0. The van der Waals surface area contributed by atoms with E-state index < -0.39 is 5.41 Å². The summed E-state index contributed by atoms with van der Waals surface area (Å²) >= 11 is 0. The number of para-hydroxylation sites is 1. The number of rotatable bonds is 1. The van der Waals surface area contributed by atoms with Gasteiger partial charge in [0, 0.05) is 21.9 Å². The molecule has 2 aliphatic carbocycles. The van der Waals surface area contributed by atoms with Crippen LogP contribution in [0.5, 0.6) is 11.5 Å². The van der Waals surface area contributed by atoms with Crippen LogP contribution in [0.4, 0.5) is 0 Å². The summed E-state index contributed by atoms with van der Waals surface area (Å²) in [6.07, 6.45) is 0. The molecule has 10 rings (SSSR count). The lowest BCUT2D eigenvalue weighted by atomic mass is 9.65. The molecular weight excluding hydrogens is 544 g/mol. The summed E-state index contributed by atoms with van der Waals surface area (Å²) < 4.78 is 6.95. The van der Waals surface area contributed by atoms with Gasteiger partial charge in [-0.25, -0.2) is 0 Å². The highest BCUT2D eigenvalue weighted by Gasteiger charge is 2.51. The van der Waals surface area contributed by atoms with Crippen LogP contribution in [0.3, 0.4) is 0 Å². The zero-order valence-electron chi connectivity index (χ0n) is 25.3. The monoisotopic (exact) mass is 574 g/mol. The Hall–Kier alpha value is -5.40. The van der Waals surface area contributed by atoms with E-state index in [0.29, 0.717) is 0 Å². The second-order valence-electron chi connectivity index (χ2n) is 13.2. The third kappa shape index (κ3) is 3.03. The first-order chi connectivity index (χ1) is 22.1. The summed E-state index contributed by atoms with van der Waals surface area (Å²) in [5, 5.41) is 2.35. The van der Waals surface area contributed by atoms with Gasteiger partial charge in [-0.05, 0) is 79.2 Å². The molecule has 0 radical (unpaired) electrons. The molecule has 3 aliphatic rings. The van der Waals surface area contributed by atoms with Gasteiger partial charge in [0.25, 0.3) is 0 Å². The molecule has 0 fully saturated rings. The van der Waals surface area contributed by atoms with Gasteiger partial charge >= 0.3 is 0 Å². The van der Waals surface area contributed by atoms with Crippen molar-refractivity contribution in [3.8, 4) is 44.9 Å². The van der Waals surface area contributed by atoms with Gasteiger partial charge in [-0.1, -0.05) is 141 Å². The van der Waals surface area contributed by atoms with Gasteiger partial charge in [0.1, 0.15) is 11.5 Å². The van der Waals surface area contributed by atoms with Crippen LogP contribution in [-0.4, -0.2) is 0 Å². The highest BCUT2D eigenvalue weighted by atomic mass is 16.5. The number of ether oxygens (including phenoxy) is 1. The Morgan fingerprint density at radius 2 is 0.933 bits per heavy atom. The van der Waals surface area contributed by atoms with Gasteiger partial charge in [-0.3, -0.25) is 0 Å². The van der Waals surface area contributed by atoms with Crippen LogP contribution in [0.1, 0.15) is 47.2 Å². The van der Waals surface area contributed by atoms with E-state index in [9.17, 15) is 0 Å². The molecule has 45 heavy (non-hydrogen) atoms. The molecule has 1 aliphatic heterocycles. The van der Waals surface area contributed by atoms with Crippen LogP contribution < -0.4 is 4.74 Å². The average molecular weight is 575 g/mol. The lowest BCUT2D eigenvalue weighted by Gasteiger charge is -2.40. The summed E-state index contributed by atoms with van der Waals surface area (Å²) in [4.78, 5) is 0. The SMILES string of the molecule is CC1(C)c2ccccc2-c2ccc(-c3cc4c(c5ccccc35)Oc3ccccc3C43c4ccccc4-c4ccccc43)cc21. The maximum absolute atomic E-state index is 6.95. The van der Waals surface area contributed by atoms with Crippen molar-refractivity contribution < 1.29 is 4.74 Å². The summed E-state index contributed by atoms with van der Waals surface area (Å²) in [6.45, 7) is 4.72. The van der Waals surface area contributed by atoms with Crippen molar-refractivity contribution in [2.75, 3.05) is 0 Å². The molecule has 7 aromatic rings. The molecule has 0 saturated carbocycles. The summed E-state index contributed by atoms with van der Waals surface area (Å²) in [5.41, 5.74) is 15.0. The smallest absolute Gasteiger partial charge is 0.140 e. The molecule has 0 atom stereocenters. The molecule has 0 bridgehead atoms. The Bertz CT molecular complexity index is 2340. The normalized spacial score (nSPS) is 15.4. The quantitative estimate of drug-likeness (QED) is 0.189. The molecule has 1 nitrogen and oxygen atoms in total. The lowest BCUT2D eigenvalue weighted by molar-refractivity contribution is 0.442. The molecule has 0 N–H and O–H groups in total. The highest BCUT2D eigenvalue weighted by Crippen LogP contribution is 2.63. The molecular formula is C44H30O. The van der Waals surface area contributed by atoms with E-state index in [-0.39, 0.29) is 5.41 Å². The predicted octanol–water partition coefficient (Wildman–Crippen LogP) is 11.3. The van der Waals surface area contributed by atoms with E-state index in [2.05, 4.69) is 159 Å². The van der Waals surface area contributed by atoms with Crippen molar-refractivity contribution >= 4 is 10.8 Å². The van der Waals surface area contributed by atoms with E-state index in [1.54, 1.807) is 0 Å². The molecule has 1 heteroatoms. The Kier molecular flexibility index (Phi) is 4.78. The number of hydrogen-bond acceptors (Lipinski definition) is 1. The summed E-state index contributed by atoms with van der Waals surface area (Å²) in [5.74, 6) is 1.87. The Balaban J connectivity index is 1.32. The third-order valence-electron chi connectivity index (χ3n) is 10.7. The van der Waals surface area contributed by atoms with Crippen LogP contribution in [0.25, 0.3) is 44.2 Å². The van der Waals surface area contributed by atoms with Gasteiger partial charge in [0.15, 0.2) is 0 Å². The molecule has 212 valence electrons. The number of benzene rings is 7. The van der Waals surface area contributed by atoms with E-state index >= 15 is 0 Å². The Morgan fingerprint density at radius 3 is 1.64 bits per heavy atom. The van der Waals surface area contributed by atoms with Crippen molar-refractivity contribution in [1.82, 2.24) is 0 Å². The van der Waals surface area contributed by atoms with Crippen LogP contribution in [0.2, 0.25) is 0 Å². The van der Waals surface area contributed by atoms with E-state index in [1.807, 2.05) is 0 Å². The second-order valence-corrected chi connectivity index (χ2v) is 13.2. The maximum atomic E-state index is 6.95. The van der Waals surface area contributed by atoms with Crippen LogP contribution in [0, 0.1) is 0 Å². The topological polar surface area (TPSA) is 9.23 Å². The Labute approximate surface area is 263 Å². The third-order valence-corrected chi connectivity index (χ3v) is 10.7. The fourth-order valence-electron chi connectivity index (χ4n) is 8.78. The summed E-state index contributed by atoms with van der Waals surface area (Å²) in [6, 6.07) is 53.8. The van der Waals surface area contributed by atoms with Crippen LogP contribution >= 0.6 is 0 Å². The maximum Gasteiger partial charge on any atom is 0.140 e.